The lowest BCUT2D eigenvalue weighted by atomic mass is 9.86. The van der Waals surface area contributed by atoms with Crippen LogP contribution in [-0.2, 0) is 33.3 Å². The molecule has 2 aliphatic heterocycles. The molecule has 0 saturated carbocycles. The molecule has 0 bridgehead atoms. The fourth-order valence-corrected chi connectivity index (χ4v) is 8.10. The summed E-state index contributed by atoms with van der Waals surface area (Å²) in [6.45, 7) is 5.96. The molecule has 0 spiro atoms. The average Bonchev–Trinajstić information content (AvgIpc) is 3.30. The van der Waals surface area contributed by atoms with E-state index in [1.807, 2.05) is 62.4 Å². The van der Waals surface area contributed by atoms with Crippen LogP contribution in [0.4, 0.5) is 0 Å². The number of nitrogens with zero attached hydrogens (tertiary/aromatic N) is 2. The zero-order valence-corrected chi connectivity index (χ0v) is 38.1. The van der Waals surface area contributed by atoms with Crippen LogP contribution >= 0.6 is 0 Å². The molecule has 16 nitrogen and oxygen atoms in total. The van der Waals surface area contributed by atoms with Crippen LogP contribution in [0.3, 0.4) is 0 Å². The van der Waals surface area contributed by atoms with Crippen molar-refractivity contribution >= 4 is 54.6 Å². The molecule has 0 aromatic heterocycles. The monoisotopic (exact) mass is 936 g/mol. The van der Waals surface area contributed by atoms with Gasteiger partial charge in [-0.1, -0.05) is 59.7 Å². The van der Waals surface area contributed by atoms with Crippen LogP contribution in [0.5, 0.6) is 11.5 Å². The van der Waals surface area contributed by atoms with Crippen LogP contribution in [0.15, 0.2) is 131 Å². The molecular weight excluding hydrogens is 889 g/mol. The van der Waals surface area contributed by atoms with Gasteiger partial charge >= 0.3 is 0 Å². The van der Waals surface area contributed by atoms with Crippen molar-refractivity contribution in [2.24, 2.45) is 0 Å². The number of nitrogens with one attached hydrogen (secondary N) is 2. The molecule has 2 aliphatic rings. The van der Waals surface area contributed by atoms with E-state index in [4.69, 9.17) is 18.6 Å². The number of carbonyl (C=O) groups is 4. The van der Waals surface area contributed by atoms with E-state index in [-0.39, 0.29) is 22.9 Å². The Morgan fingerprint density at radius 2 is 0.742 bits per heavy atom. The summed E-state index contributed by atoms with van der Waals surface area (Å²) in [7, 11) is -4.81. The minimum absolute atomic E-state index is 0.0666. The van der Waals surface area contributed by atoms with Gasteiger partial charge in [0.25, 0.3) is 43.9 Å². The van der Waals surface area contributed by atoms with E-state index in [9.17, 15) is 36.0 Å². The van der Waals surface area contributed by atoms with Crippen molar-refractivity contribution in [3.63, 3.8) is 0 Å². The quantitative estimate of drug-likeness (QED) is 0.0549. The maximum atomic E-state index is 13.5. The number of carbonyl (C=O) groups excluding carboxylic acids is 4. The summed E-state index contributed by atoms with van der Waals surface area (Å²) in [6.07, 6.45) is 0. The highest BCUT2D eigenvalue weighted by Crippen LogP contribution is 2.37. The van der Waals surface area contributed by atoms with Crippen molar-refractivity contribution in [1.82, 2.24) is 20.4 Å². The van der Waals surface area contributed by atoms with Crippen LogP contribution in [0.25, 0.3) is 10.8 Å². The number of hydrogen-bond acceptors (Lipinski definition) is 12. The van der Waals surface area contributed by atoms with E-state index >= 15 is 0 Å². The van der Waals surface area contributed by atoms with Crippen LogP contribution < -0.4 is 20.1 Å². The molecule has 18 heteroatoms. The number of rotatable bonds is 14. The van der Waals surface area contributed by atoms with E-state index in [2.05, 4.69) is 10.6 Å². The van der Waals surface area contributed by atoms with Gasteiger partial charge in [-0.25, -0.2) is 0 Å². The highest BCUT2D eigenvalue weighted by atomic mass is 32.2. The maximum Gasteiger partial charge on any atom is 0.294 e. The lowest BCUT2D eigenvalue weighted by molar-refractivity contribution is 0.0590. The first-order chi connectivity index (χ1) is 31.4. The number of imide groups is 2. The van der Waals surface area contributed by atoms with E-state index in [0.29, 0.717) is 59.2 Å². The van der Waals surface area contributed by atoms with Crippen molar-refractivity contribution < 1.29 is 54.6 Å². The predicted octanol–water partition coefficient (Wildman–Crippen LogP) is 6.11. The van der Waals surface area contributed by atoms with Crippen LogP contribution in [-0.4, -0.2) is 99.8 Å². The van der Waals surface area contributed by atoms with Crippen molar-refractivity contribution in [1.29, 1.82) is 0 Å². The molecule has 6 aromatic carbocycles. The molecule has 0 radical (unpaired) electrons. The first kappa shape index (κ1) is 48.7. The van der Waals surface area contributed by atoms with Crippen molar-refractivity contribution in [3.8, 4) is 11.5 Å². The topological polar surface area (TPSA) is 226 Å². The largest absolute Gasteiger partial charge is 0.497 e. The minimum Gasteiger partial charge on any atom is -0.497 e. The molecule has 2 heterocycles. The fourth-order valence-electron chi connectivity index (χ4n) is 7.14. The lowest BCUT2D eigenvalue weighted by Gasteiger charge is -2.32. The van der Waals surface area contributed by atoms with Gasteiger partial charge in [0.05, 0.1) is 24.0 Å². The van der Waals surface area contributed by atoms with E-state index in [1.54, 1.807) is 62.8 Å². The Bertz CT molecular complexity index is 2710. The second kappa shape index (κ2) is 21.0. The number of aryl methyl sites for hydroxylation is 2. The third-order valence-corrected chi connectivity index (χ3v) is 12.4. The first-order valence-corrected chi connectivity index (χ1v) is 23.4. The fraction of sp³-hybridized carbons (Fsp3) is 0.208. The van der Waals surface area contributed by atoms with Crippen molar-refractivity contribution in [3.05, 3.63) is 166 Å². The van der Waals surface area contributed by atoms with Gasteiger partial charge in [-0.2, -0.15) is 16.8 Å². The summed E-state index contributed by atoms with van der Waals surface area (Å²) >= 11 is 0. The Morgan fingerprint density at radius 3 is 1.00 bits per heavy atom. The Hall–Kier alpha value is -6.80. The summed E-state index contributed by atoms with van der Waals surface area (Å²) in [4.78, 5) is 56.3. The maximum absolute atomic E-state index is 13.5. The zero-order chi connectivity index (χ0) is 47.8. The third kappa shape index (κ3) is 11.5. The Kier molecular flexibility index (Phi) is 15.5. The zero-order valence-electron chi connectivity index (χ0n) is 36.5. The molecule has 66 heavy (non-hydrogen) atoms. The van der Waals surface area contributed by atoms with Crippen molar-refractivity contribution in [2.45, 2.75) is 36.7 Å². The summed E-state index contributed by atoms with van der Waals surface area (Å²) in [5.74, 6) is -0.230. The average molecular weight is 937 g/mol. The van der Waals surface area contributed by atoms with Crippen molar-refractivity contribution in [2.75, 3.05) is 40.4 Å². The number of hydrogen-bond donors (Lipinski definition) is 4. The predicted molar refractivity (Wildman–Crippen MR) is 246 cm³/mol. The minimum atomic E-state index is -4.02. The van der Waals surface area contributed by atoms with Gasteiger partial charge < -0.3 is 20.1 Å². The van der Waals surface area contributed by atoms with E-state index < -0.39 is 43.9 Å². The van der Waals surface area contributed by atoms with E-state index in [1.165, 1.54) is 34.1 Å². The second-order valence-corrected chi connectivity index (χ2v) is 18.1. The molecule has 4 N–H and O–H groups in total. The van der Waals surface area contributed by atoms with Gasteiger partial charge in [-0.05, 0) is 97.8 Å². The highest BCUT2D eigenvalue weighted by Gasteiger charge is 2.39. The molecule has 8 rings (SSSR count). The SMILES string of the molecule is COc1ccc(CNCCN2C(=O)c3ccc4c5c(ccc(c35)C2=O)C(=O)N(CCNCc2ccc(OC)cc2)C4=O)cc1.Cc1ccc(S(=O)(=O)O)cc1.Cc1ccc(S(=O)(=O)O)cc1. The van der Waals surface area contributed by atoms with Gasteiger partial charge in [0.15, 0.2) is 0 Å². The lowest BCUT2D eigenvalue weighted by Crippen LogP contribution is -2.46. The number of ether oxygens (including phenoxy) is 2. The highest BCUT2D eigenvalue weighted by molar-refractivity contribution is 7.86. The van der Waals surface area contributed by atoms with E-state index in [0.717, 1.165) is 33.8 Å². The van der Waals surface area contributed by atoms with Gasteiger partial charge in [-0.3, -0.25) is 38.1 Å². The van der Waals surface area contributed by atoms with Gasteiger partial charge in [0.2, 0.25) is 0 Å². The third-order valence-electron chi connectivity index (χ3n) is 10.7. The molecule has 0 unspecified atom stereocenters. The number of amides is 4. The summed E-state index contributed by atoms with van der Waals surface area (Å²) in [6, 6.07) is 33.6. The van der Waals surface area contributed by atoms with Gasteiger partial charge in [0, 0.05) is 72.3 Å². The summed E-state index contributed by atoms with van der Waals surface area (Å²) in [5, 5.41) is 7.29. The number of methoxy groups -OCH3 is 2. The molecule has 0 atom stereocenters. The normalized spacial score (nSPS) is 13.2. The van der Waals surface area contributed by atoms with Crippen LogP contribution in [0, 0.1) is 13.8 Å². The first-order valence-electron chi connectivity index (χ1n) is 20.5. The molecule has 344 valence electrons. The van der Waals surface area contributed by atoms with Crippen LogP contribution in [0.1, 0.15) is 63.7 Å². The van der Waals surface area contributed by atoms with Crippen LogP contribution in [0.2, 0.25) is 0 Å². The Morgan fingerprint density at radius 1 is 0.455 bits per heavy atom. The standard InChI is InChI=1S/C34H32N4O6.2C7H8O3S/c1-43-23-7-3-21(4-8-23)19-35-15-17-37-31(39)25-11-13-27-30-28(14-12-26(29(25)30)32(37)40)34(42)38(33(27)41)18-16-36-20-22-5-9-24(44-2)10-6-22;2*1-6-2-4-7(5-3-6)11(8,9)10/h3-14,35-36H,15-20H2,1-2H3;2*2-5H,1H3,(H,8,9,10). The smallest absolute Gasteiger partial charge is 0.294 e. The second-order valence-electron chi connectivity index (χ2n) is 15.2. The summed E-state index contributed by atoms with van der Waals surface area (Å²) in [5.41, 5.74) is 5.24. The Balaban J connectivity index is 0.000000266. The molecule has 6 aromatic rings. The molecule has 0 fully saturated rings. The summed E-state index contributed by atoms with van der Waals surface area (Å²) < 4.78 is 69.5. The molecule has 4 amide bonds. The molecule has 0 aliphatic carbocycles. The number of benzene rings is 6. The molecular formula is C48H48N4O12S2. The Labute approximate surface area is 382 Å². The van der Waals surface area contributed by atoms with Gasteiger partial charge in [0.1, 0.15) is 11.5 Å². The molecule has 0 saturated heterocycles. The van der Waals surface area contributed by atoms with Gasteiger partial charge in [-0.15, -0.1) is 0 Å².